The molecular formula is C24H26FN5O3S2. The van der Waals surface area contributed by atoms with Gasteiger partial charge in [-0.05, 0) is 42.9 Å². The maximum Gasteiger partial charge on any atom is 0.223 e. The largest absolute Gasteiger partial charge is 0.396 e. The number of thiazole rings is 1. The highest BCUT2D eigenvalue weighted by molar-refractivity contribution is 7.91. The van der Waals surface area contributed by atoms with Gasteiger partial charge in [-0.1, -0.05) is 13.0 Å². The van der Waals surface area contributed by atoms with E-state index in [0.29, 0.717) is 36.1 Å². The number of fused-ring (bicyclic) bond motifs is 1. The number of aromatic nitrogens is 3. The van der Waals surface area contributed by atoms with Crippen molar-refractivity contribution in [3.63, 3.8) is 0 Å². The molecule has 2 aliphatic heterocycles. The molecule has 3 aliphatic rings. The maximum atomic E-state index is 15.1. The minimum Gasteiger partial charge on any atom is -0.396 e. The van der Waals surface area contributed by atoms with Crippen molar-refractivity contribution in [1.82, 2.24) is 15.0 Å². The molecule has 1 aliphatic carbocycles. The van der Waals surface area contributed by atoms with Crippen molar-refractivity contribution in [2.24, 2.45) is 11.8 Å². The molecule has 35 heavy (non-hydrogen) atoms. The topological polar surface area (TPSA) is 120 Å². The van der Waals surface area contributed by atoms with Crippen LogP contribution in [0.15, 0.2) is 30.5 Å². The van der Waals surface area contributed by atoms with Gasteiger partial charge < -0.3 is 15.8 Å². The van der Waals surface area contributed by atoms with Gasteiger partial charge in [-0.25, -0.2) is 27.8 Å². The van der Waals surface area contributed by atoms with Gasteiger partial charge in [-0.15, -0.1) is 11.3 Å². The number of halogens is 1. The highest BCUT2D eigenvalue weighted by Crippen LogP contribution is 2.48. The third kappa shape index (κ3) is 4.09. The van der Waals surface area contributed by atoms with Crippen molar-refractivity contribution >= 4 is 32.8 Å². The molecule has 1 aromatic carbocycles. The predicted octanol–water partition coefficient (Wildman–Crippen LogP) is 3.51. The number of rotatable bonds is 5. The lowest BCUT2D eigenvalue weighted by molar-refractivity contribution is 0.0564. The van der Waals surface area contributed by atoms with Gasteiger partial charge in [0.2, 0.25) is 5.95 Å². The smallest absolute Gasteiger partial charge is 0.223 e. The van der Waals surface area contributed by atoms with Crippen LogP contribution in [0.1, 0.15) is 24.8 Å². The molecule has 0 radical (unpaired) electrons. The number of nitrogens with two attached hydrogens (primary N) is 1. The Morgan fingerprint density at radius 2 is 1.91 bits per heavy atom. The number of nitrogen functional groups attached to an aromatic ring is 1. The number of nitrogens with zero attached hydrogens (tertiary/aromatic N) is 3. The Kier molecular flexibility index (Phi) is 5.35. The zero-order valence-corrected chi connectivity index (χ0v) is 20.8. The van der Waals surface area contributed by atoms with Crippen LogP contribution in [0, 0.1) is 17.7 Å². The number of hydrogen-bond acceptors (Lipinski definition) is 9. The average Bonchev–Trinajstić information content (AvgIpc) is 3.17. The third-order valence-electron chi connectivity index (χ3n) is 7.43. The van der Waals surface area contributed by atoms with Crippen molar-refractivity contribution in [2.45, 2.75) is 31.2 Å². The van der Waals surface area contributed by atoms with Crippen LogP contribution >= 0.6 is 11.3 Å². The number of hydrogen-bond donors (Lipinski definition) is 2. The van der Waals surface area contributed by atoms with E-state index in [1.165, 1.54) is 17.4 Å². The maximum absolute atomic E-state index is 15.1. The molecule has 8 nitrogen and oxygen atoms in total. The second-order valence-electron chi connectivity index (χ2n) is 9.92. The molecule has 3 aromatic rings. The fraction of sp³-hybridized carbons (Fsp3) is 0.458. The van der Waals surface area contributed by atoms with Gasteiger partial charge in [0, 0.05) is 36.4 Å². The molecule has 0 unspecified atom stereocenters. The Morgan fingerprint density at radius 3 is 2.66 bits per heavy atom. The van der Waals surface area contributed by atoms with Crippen LogP contribution < -0.4 is 11.1 Å². The first-order valence-electron chi connectivity index (χ1n) is 11.7. The fourth-order valence-electron chi connectivity index (χ4n) is 5.17. The van der Waals surface area contributed by atoms with Gasteiger partial charge in [0.1, 0.15) is 0 Å². The van der Waals surface area contributed by atoms with Crippen molar-refractivity contribution in [3.05, 3.63) is 41.3 Å². The molecule has 2 aromatic heterocycles. The number of sulfone groups is 1. The number of anilines is 2. The normalized spacial score (nSPS) is 26.3. The summed E-state index contributed by atoms with van der Waals surface area (Å²) >= 11 is 1.52. The summed E-state index contributed by atoms with van der Waals surface area (Å²) in [5, 5.41) is 4.23. The molecule has 4 heterocycles. The summed E-state index contributed by atoms with van der Waals surface area (Å²) in [6.07, 6.45) is 3.33. The molecule has 6 rings (SSSR count). The minimum absolute atomic E-state index is 0.0674. The third-order valence-corrected chi connectivity index (χ3v) is 10.6. The molecule has 11 heteroatoms. The van der Waals surface area contributed by atoms with E-state index < -0.39 is 15.7 Å². The Labute approximate surface area is 207 Å². The van der Waals surface area contributed by atoms with Crippen LogP contribution in [0.25, 0.3) is 21.8 Å². The van der Waals surface area contributed by atoms with Crippen LogP contribution in [0.5, 0.6) is 0 Å². The van der Waals surface area contributed by atoms with E-state index in [4.69, 9.17) is 20.4 Å². The van der Waals surface area contributed by atoms with Gasteiger partial charge in [0.15, 0.2) is 15.7 Å². The summed E-state index contributed by atoms with van der Waals surface area (Å²) in [5.74, 6) is 0.607. The van der Waals surface area contributed by atoms with E-state index in [0.717, 1.165) is 22.7 Å². The van der Waals surface area contributed by atoms with E-state index in [2.05, 4.69) is 17.2 Å². The van der Waals surface area contributed by atoms with Gasteiger partial charge in [-0.2, -0.15) is 0 Å². The van der Waals surface area contributed by atoms with E-state index in [9.17, 15) is 8.42 Å². The van der Waals surface area contributed by atoms with Crippen LogP contribution in [0.4, 0.5) is 16.0 Å². The first kappa shape index (κ1) is 22.8. The monoisotopic (exact) mass is 515 g/mol. The lowest BCUT2D eigenvalue weighted by Gasteiger charge is -2.31. The number of benzene rings is 1. The Morgan fingerprint density at radius 1 is 1.17 bits per heavy atom. The molecule has 3 atom stereocenters. The zero-order chi connectivity index (χ0) is 24.4. The van der Waals surface area contributed by atoms with Gasteiger partial charge in [0.05, 0.1) is 38.5 Å². The summed E-state index contributed by atoms with van der Waals surface area (Å²) in [5.41, 5.74) is 7.27. The second kappa shape index (κ2) is 8.21. The van der Waals surface area contributed by atoms with Crippen LogP contribution in [-0.4, -0.2) is 54.1 Å². The highest BCUT2D eigenvalue weighted by Gasteiger charge is 2.59. The van der Waals surface area contributed by atoms with Crippen LogP contribution in [0.2, 0.25) is 0 Å². The lowest BCUT2D eigenvalue weighted by atomic mass is 9.83. The molecule has 2 saturated heterocycles. The van der Waals surface area contributed by atoms with E-state index >= 15 is 4.39 Å². The summed E-state index contributed by atoms with van der Waals surface area (Å²) < 4.78 is 44.2. The standard InChI is InChI=1S/C24H26FN5O3S2/c1-24(6-9-33-10-7-24)22-29-20(13-3-2-4-16(26)18(13)25)21(34-22)17-5-8-27-23(28-17)30-19-14-11-35(31,32)12-15(14)19/h2-5,8,14-15,19H,6-7,9-12,26H2,1H3,(H,27,28,30)/t14-,15+,19-. The Bertz CT molecular complexity index is 1390. The zero-order valence-electron chi connectivity index (χ0n) is 19.2. The average molecular weight is 516 g/mol. The molecule has 3 N–H and O–H groups in total. The highest BCUT2D eigenvalue weighted by atomic mass is 32.2. The Balaban J connectivity index is 1.38. The van der Waals surface area contributed by atoms with Crippen molar-refractivity contribution in [2.75, 3.05) is 35.8 Å². The van der Waals surface area contributed by atoms with Crippen molar-refractivity contribution < 1.29 is 17.5 Å². The molecule has 0 bridgehead atoms. The molecule has 0 amide bonds. The molecule has 0 spiro atoms. The van der Waals surface area contributed by atoms with Crippen LogP contribution in [-0.2, 0) is 20.0 Å². The van der Waals surface area contributed by atoms with E-state index in [1.807, 2.05) is 0 Å². The SMILES string of the molecule is CC1(c2nc(-c3cccc(N)c3F)c(-c3ccnc(N[C@@H]4[C@@H]5CS(=O)(=O)C[C@@H]54)n3)s2)CCOCC1. The van der Waals surface area contributed by atoms with E-state index in [1.54, 1.807) is 24.4 Å². The fourth-order valence-corrected chi connectivity index (χ4v) is 8.64. The van der Waals surface area contributed by atoms with Gasteiger partial charge >= 0.3 is 0 Å². The predicted molar refractivity (Wildman–Crippen MR) is 133 cm³/mol. The molecule has 1 saturated carbocycles. The number of nitrogens with one attached hydrogen (secondary N) is 1. The van der Waals surface area contributed by atoms with Gasteiger partial charge in [0.25, 0.3) is 0 Å². The van der Waals surface area contributed by atoms with Crippen LogP contribution in [0.3, 0.4) is 0 Å². The summed E-state index contributed by atoms with van der Waals surface area (Å²) in [4.78, 5) is 14.8. The summed E-state index contributed by atoms with van der Waals surface area (Å²) in [6, 6.07) is 6.80. The molecular weight excluding hydrogens is 489 g/mol. The van der Waals surface area contributed by atoms with Gasteiger partial charge in [-0.3, -0.25) is 0 Å². The second-order valence-corrected chi connectivity index (χ2v) is 13.1. The van der Waals surface area contributed by atoms with Crippen molar-refractivity contribution in [1.29, 1.82) is 0 Å². The molecule has 184 valence electrons. The first-order chi connectivity index (χ1) is 16.7. The van der Waals surface area contributed by atoms with E-state index in [-0.39, 0.29) is 40.5 Å². The summed E-state index contributed by atoms with van der Waals surface area (Å²) in [6.45, 7) is 3.49. The quantitative estimate of drug-likeness (QED) is 0.496. The first-order valence-corrected chi connectivity index (χ1v) is 14.3. The summed E-state index contributed by atoms with van der Waals surface area (Å²) in [7, 11) is -2.92. The lowest BCUT2D eigenvalue weighted by Crippen LogP contribution is -2.30. The number of ether oxygens (including phenoxy) is 1. The Hall–Kier alpha value is -2.63. The molecule has 3 fully saturated rings. The minimum atomic E-state index is -2.92. The van der Waals surface area contributed by atoms with Crippen molar-refractivity contribution in [3.8, 4) is 21.8 Å².